The number of hydrogen-bond donors (Lipinski definition) is 2. The molecule has 0 bridgehead atoms. The molecule has 240 valence electrons. The van der Waals surface area contributed by atoms with Gasteiger partial charge in [-0.2, -0.15) is 0 Å². The summed E-state index contributed by atoms with van der Waals surface area (Å²) in [6.07, 6.45) is 1.06. The zero-order chi connectivity index (χ0) is 32.9. The predicted molar refractivity (Wildman–Crippen MR) is 170 cm³/mol. The van der Waals surface area contributed by atoms with Crippen molar-refractivity contribution in [2.75, 3.05) is 52.1 Å². The number of carbonyl (C=O) groups excluding carboxylic acids is 5. The smallest absolute Gasteiger partial charge is 0.245 e. The van der Waals surface area contributed by atoms with Gasteiger partial charge < -0.3 is 30.2 Å². The van der Waals surface area contributed by atoms with Crippen molar-refractivity contribution in [1.29, 1.82) is 0 Å². The normalized spacial score (nSPS) is 12.1. The molecule has 2 N–H and O–H groups in total. The van der Waals surface area contributed by atoms with E-state index in [0.29, 0.717) is 37.5 Å². The first-order valence-electron chi connectivity index (χ1n) is 15.0. The molecule has 0 aliphatic heterocycles. The van der Waals surface area contributed by atoms with E-state index in [9.17, 15) is 24.0 Å². The molecule has 0 fully saturated rings. The highest BCUT2D eigenvalue weighted by Crippen LogP contribution is 2.14. The number of hydrogen-bond acceptors (Lipinski definition) is 6. The van der Waals surface area contributed by atoms with E-state index in [-0.39, 0.29) is 55.2 Å². The van der Waals surface area contributed by atoms with Crippen molar-refractivity contribution in [2.45, 2.75) is 73.4 Å². The van der Waals surface area contributed by atoms with Crippen LogP contribution in [0.25, 0.3) is 0 Å². The summed E-state index contributed by atoms with van der Waals surface area (Å²) in [6.45, 7) is 17.3. The van der Waals surface area contributed by atoms with Crippen LogP contribution < -0.4 is 10.6 Å². The molecular weight excluding hydrogens is 548 g/mol. The van der Waals surface area contributed by atoms with Crippen LogP contribution in [0.2, 0.25) is 0 Å². The SMILES string of the molecule is C=C(CN(C)C(=O)CN(CC)C(=O)C(C)N(CC)C(=O)CN(C)C(C)=O)Nc1ccc(CCC(=O)NC(C)C(C)C)cc1. The van der Waals surface area contributed by atoms with Crippen LogP contribution in [-0.2, 0) is 30.4 Å². The maximum atomic E-state index is 13.2. The van der Waals surface area contributed by atoms with Crippen LogP contribution in [0.5, 0.6) is 0 Å². The lowest BCUT2D eigenvalue weighted by molar-refractivity contribution is -0.148. The first-order chi connectivity index (χ1) is 20.1. The molecule has 0 spiro atoms. The van der Waals surface area contributed by atoms with Crippen molar-refractivity contribution >= 4 is 35.2 Å². The highest BCUT2D eigenvalue weighted by Gasteiger charge is 2.30. The molecule has 11 nitrogen and oxygen atoms in total. The summed E-state index contributed by atoms with van der Waals surface area (Å²) in [6, 6.07) is 7.08. The average Bonchev–Trinajstić information content (AvgIpc) is 2.94. The molecule has 0 aromatic heterocycles. The third-order valence-corrected chi connectivity index (χ3v) is 7.57. The van der Waals surface area contributed by atoms with Gasteiger partial charge in [-0.25, -0.2) is 0 Å². The van der Waals surface area contributed by atoms with Crippen molar-refractivity contribution in [3.63, 3.8) is 0 Å². The molecule has 43 heavy (non-hydrogen) atoms. The molecule has 11 heteroatoms. The van der Waals surface area contributed by atoms with Gasteiger partial charge in [0.05, 0.1) is 19.6 Å². The van der Waals surface area contributed by atoms with Gasteiger partial charge in [0.15, 0.2) is 0 Å². The van der Waals surface area contributed by atoms with Gasteiger partial charge in [0.2, 0.25) is 29.5 Å². The van der Waals surface area contributed by atoms with Gasteiger partial charge in [0.1, 0.15) is 6.04 Å². The van der Waals surface area contributed by atoms with Gasteiger partial charge in [0, 0.05) is 58.0 Å². The zero-order valence-electron chi connectivity index (χ0n) is 27.5. The second kappa shape index (κ2) is 17.9. The Hall–Kier alpha value is -3.89. The summed E-state index contributed by atoms with van der Waals surface area (Å²) in [7, 11) is 3.17. The quantitative estimate of drug-likeness (QED) is 0.284. The maximum Gasteiger partial charge on any atom is 0.245 e. The molecule has 5 amide bonds. The number of rotatable bonds is 17. The Labute approximate surface area is 257 Å². The van der Waals surface area contributed by atoms with Crippen molar-refractivity contribution in [3.05, 3.63) is 42.1 Å². The number of amides is 5. The lowest BCUT2D eigenvalue weighted by atomic mass is 10.1. The first-order valence-corrected chi connectivity index (χ1v) is 15.0. The van der Waals surface area contributed by atoms with Gasteiger partial charge in [-0.05, 0) is 57.7 Å². The van der Waals surface area contributed by atoms with Gasteiger partial charge in [0.25, 0.3) is 0 Å². The molecule has 1 aromatic rings. The Morgan fingerprint density at radius 3 is 1.95 bits per heavy atom. The van der Waals surface area contributed by atoms with E-state index < -0.39 is 6.04 Å². The summed E-state index contributed by atoms with van der Waals surface area (Å²) in [5.41, 5.74) is 2.46. The minimum Gasteiger partial charge on any atom is -0.358 e. The molecule has 0 radical (unpaired) electrons. The fraction of sp³-hybridized carbons (Fsp3) is 0.594. The molecule has 1 rings (SSSR count). The average molecular weight is 601 g/mol. The van der Waals surface area contributed by atoms with Gasteiger partial charge in [-0.15, -0.1) is 0 Å². The summed E-state index contributed by atoms with van der Waals surface area (Å²) >= 11 is 0. The van der Waals surface area contributed by atoms with E-state index in [1.807, 2.05) is 31.2 Å². The van der Waals surface area contributed by atoms with Crippen LogP contribution in [0.4, 0.5) is 5.69 Å². The van der Waals surface area contributed by atoms with Crippen molar-refractivity contribution in [2.24, 2.45) is 5.92 Å². The molecule has 1 aromatic carbocycles. The van der Waals surface area contributed by atoms with Gasteiger partial charge in [-0.3, -0.25) is 24.0 Å². The monoisotopic (exact) mass is 600 g/mol. The molecule has 0 saturated carbocycles. The van der Waals surface area contributed by atoms with Gasteiger partial charge >= 0.3 is 0 Å². The van der Waals surface area contributed by atoms with Crippen molar-refractivity contribution in [3.8, 4) is 0 Å². The van der Waals surface area contributed by atoms with Crippen LogP contribution in [0.3, 0.4) is 0 Å². The summed E-state index contributed by atoms with van der Waals surface area (Å²) in [5.74, 6) is -0.762. The Morgan fingerprint density at radius 2 is 1.44 bits per heavy atom. The number of nitrogens with zero attached hydrogens (tertiary/aromatic N) is 4. The Balaban J connectivity index is 2.65. The molecule has 0 heterocycles. The van der Waals surface area contributed by atoms with Crippen LogP contribution in [-0.4, -0.2) is 108 Å². The van der Waals surface area contributed by atoms with E-state index >= 15 is 0 Å². The molecule has 0 aliphatic carbocycles. The van der Waals surface area contributed by atoms with E-state index in [1.54, 1.807) is 27.8 Å². The second-order valence-corrected chi connectivity index (χ2v) is 11.4. The Bertz CT molecular complexity index is 1120. The van der Waals surface area contributed by atoms with Crippen LogP contribution in [0.15, 0.2) is 36.5 Å². The molecule has 0 aliphatic rings. The summed E-state index contributed by atoms with van der Waals surface area (Å²) in [5, 5.41) is 6.22. The Morgan fingerprint density at radius 1 is 0.837 bits per heavy atom. The van der Waals surface area contributed by atoms with E-state index in [4.69, 9.17) is 0 Å². The minimum absolute atomic E-state index is 0.0379. The standard InChI is InChI=1S/C32H52N6O5/c1-11-37(32(43)25(7)38(12-2)31(42)20-35(9)26(8)39)21-30(41)36(10)19-23(5)33-28-16-13-27(14-17-28)15-18-29(40)34-24(6)22(3)4/h13-14,16-17,22,24-25,33H,5,11-12,15,18-21H2,1-4,6-10H3,(H,34,40). The lowest BCUT2D eigenvalue weighted by Gasteiger charge is -2.33. The highest BCUT2D eigenvalue weighted by atomic mass is 16.2. The lowest BCUT2D eigenvalue weighted by Crippen LogP contribution is -2.53. The van der Waals surface area contributed by atoms with E-state index in [1.165, 1.54) is 33.6 Å². The van der Waals surface area contributed by atoms with Crippen molar-refractivity contribution < 1.29 is 24.0 Å². The number of carbonyl (C=O) groups is 5. The third kappa shape index (κ3) is 12.5. The summed E-state index contributed by atoms with van der Waals surface area (Å²) in [4.78, 5) is 68.3. The summed E-state index contributed by atoms with van der Waals surface area (Å²) < 4.78 is 0. The molecule has 2 unspecified atom stereocenters. The number of benzene rings is 1. The largest absolute Gasteiger partial charge is 0.358 e. The van der Waals surface area contributed by atoms with E-state index in [0.717, 1.165) is 11.3 Å². The highest BCUT2D eigenvalue weighted by molar-refractivity contribution is 5.91. The number of anilines is 1. The van der Waals surface area contributed by atoms with Crippen LogP contribution >= 0.6 is 0 Å². The third-order valence-electron chi connectivity index (χ3n) is 7.57. The van der Waals surface area contributed by atoms with E-state index in [2.05, 4.69) is 31.1 Å². The number of likely N-dealkylation sites (N-methyl/N-ethyl adjacent to an activating group) is 4. The Kier molecular flexibility index (Phi) is 15.5. The predicted octanol–water partition coefficient (Wildman–Crippen LogP) is 2.73. The topological polar surface area (TPSA) is 122 Å². The minimum atomic E-state index is -0.784. The molecule has 2 atom stereocenters. The number of aryl methyl sites for hydroxylation is 1. The first kappa shape index (κ1) is 37.1. The maximum absolute atomic E-state index is 13.2. The fourth-order valence-corrected chi connectivity index (χ4v) is 4.22. The van der Waals surface area contributed by atoms with Crippen LogP contribution in [0, 0.1) is 5.92 Å². The van der Waals surface area contributed by atoms with Gasteiger partial charge in [-0.1, -0.05) is 32.6 Å². The zero-order valence-corrected chi connectivity index (χ0v) is 27.5. The van der Waals surface area contributed by atoms with Crippen LogP contribution in [0.1, 0.15) is 60.5 Å². The van der Waals surface area contributed by atoms with Crippen molar-refractivity contribution in [1.82, 2.24) is 24.9 Å². The fourth-order valence-electron chi connectivity index (χ4n) is 4.22. The molecule has 0 saturated heterocycles. The molecular formula is C32H52N6O5. The second-order valence-electron chi connectivity index (χ2n) is 11.4. The number of nitrogens with one attached hydrogen (secondary N) is 2.